The van der Waals surface area contributed by atoms with Gasteiger partial charge in [0.05, 0.1) is 27.7 Å². The second-order valence-corrected chi connectivity index (χ2v) is 17.3. The molecule has 0 saturated carbocycles. The van der Waals surface area contributed by atoms with Crippen LogP contribution in [0, 0.1) is 0 Å². The largest absolute Gasteiger partial charge is 0.756 e. The Balaban J connectivity index is 4.55. The van der Waals surface area contributed by atoms with Crippen LogP contribution < -0.4 is 4.89 Å². The number of likely N-dealkylation sites (N-methyl/N-ethyl adjacent to an activating group) is 1. The lowest BCUT2D eigenvalue weighted by atomic mass is 10.0. The van der Waals surface area contributed by atoms with Crippen molar-refractivity contribution >= 4 is 19.6 Å². The van der Waals surface area contributed by atoms with Crippen molar-refractivity contribution in [3.8, 4) is 0 Å². The van der Waals surface area contributed by atoms with Crippen molar-refractivity contribution in [3.05, 3.63) is 12.2 Å². The molecule has 0 aliphatic heterocycles. The number of aliphatic hydroxyl groups is 1. The molecule has 0 spiro atoms. The van der Waals surface area contributed by atoms with Crippen LogP contribution in [0.2, 0.25) is 0 Å². The Hall–Kier alpha value is -1.09. The number of ether oxygens (including phenoxy) is 1. The number of phosphoric acid groups is 1. The first kappa shape index (κ1) is 50.9. The summed E-state index contributed by atoms with van der Waals surface area (Å²) in [4.78, 5) is 38.0. The van der Waals surface area contributed by atoms with Crippen LogP contribution in [0.25, 0.3) is 0 Å². The normalized spacial score (nSPS) is 14.4. The Kier molecular flexibility index (Phi) is 33.7. The monoisotopic (exact) mass is 760 g/mol. The number of quaternary nitrogens is 1. The molecule has 0 aliphatic carbocycles. The van der Waals surface area contributed by atoms with Crippen molar-refractivity contribution in [2.24, 2.45) is 0 Å². The summed E-state index contributed by atoms with van der Waals surface area (Å²) in [5, 5.41) is 10.9. The van der Waals surface area contributed by atoms with Crippen LogP contribution in [0.15, 0.2) is 12.2 Å². The first-order valence-corrected chi connectivity index (χ1v) is 22.8. The minimum atomic E-state index is -4.73. The van der Waals surface area contributed by atoms with Crippen molar-refractivity contribution in [2.75, 3.05) is 40.9 Å². The van der Waals surface area contributed by atoms with Crippen LogP contribution in [-0.2, 0) is 27.9 Å². The van der Waals surface area contributed by atoms with Crippen molar-refractivity contribution in [1.29, 1.82) is 0 Å². The van der Waals surface area contributed by atoms with Gasteiger partial charge in [-0.1, -0.05) is 154 Å². The lowest BCUT2D eigenvalue weighted by Gasteiger charge is -2.29. The Morgan fingerprint density at radius 2 is 1.04 bits per heavy atom. The highest BCUT2D eigenvalue weighted by Crippen LogP contribution is 2.38. The SMILES string of the molecule is CCCCCCCC/C=C\CCCCCCCC(=O)O[C@@H](COP(=O)([O-])OCC[N+](C)(C)C)C(O)C(=O)CCCCCCCCCCCCCCC. The number of hydrogen-bond acceptors (Lipinski definition) is 8. The Morgan fingerprint density at radius 3 is 1.48 bits per heavy atom. The highest BCUT2D eigenvalue weighted by Gasteiger charge is 2.31. The molecule has 308 valence electrons. The fourth-order valence-electron chi connectivity index (χ4n) is 6.06. The maximum absolute atomic E-state index is 12.9. The molecule has 2 unspecified atom stereocenters. The molecule has 0 radical (unpaired) electrons. The summed E-state index contributed by atoms with van der Waals surface area (Å²) in [6.45, 7) is 4.17. The second-order valence-electron chi connectivity index (χ2n) is 15.9. The lowest BCUT2D eigenvalue weighted by Crippen LogP contribution is -2.41. The zero-order valence-corrected chi connectivity index (χ0v) is 35.3. The van der Waals surface area contributed by atoms with Gasteiger partial charge in [-0.25, -0.2) is 0 Å². The van der Waals surface area contributed by atoms with Crippen LogP contribution in [-0.4, -0.2) is 74.5 Å². The van der Waals surface area contributed by atoms with Crippen molar-refractivity contribution < 1.29 is 42.4 Å². The van der Waals surface area contributed by atoms with Gasteiger partial charge in [-0.3, -0.25) is 14.2 Å². The number of allylic oxidation sites excluding steroid dienone is 2. The first-order valence-electron chi connectivity index (χ1n) is 21.4. The summed E-state index contributed by atoms with van der Waals surface area (Å²) in [5.74, 6) is -1.05. The summed E-state index contributed by atoms with van der Waals surface area (Å²) in [6.07, 6.45) is 32.0. The van der Waals surface area contributed by atoms with Gasteiger partial charge in [-0.05, 0) is 38.5 Å². The molecule has 10 heteroatoms. The van der Waals surface area contributed by atoms with Crippen LogP contribution in [0.3, 0.4) is 0 Å². The molecule has 0 rings (SSSR count). The van der Waals surface area contributed by atoms with Gasteiger partial charge < -0.3 is 28.3 Å². The van der Waals surface area contributed by atoms with Gasteiger partial charge in [0.1, 0.15) is 13.2 Å². The van der Waals surface area contributed by atoms with E-state index in [0.29, 0.717) is 23.9 Å². The lowest BCUT2D eigenvalue weighted by molar-refractivity contribution is -0.870. The molecule has 0 aromatic carbocycles. The van der Waals surface area contributed by atoms with Gasteiger partial charge >= 0.3 is 5.97 Å². The fourth-order valence-corrected chi connectivity index (χ4v) is 6.77. The predicted octanol–water partition coefficient (Wildman–Crippen LogP) is 10.6. The molecular formula is C42H82NO8P. The topological polar surface area (TPSA) is 122 Å². The minimum absolute atomic E-state index is 0.0786. The fraction of sp³-hybridized carbons (Fsp3) is 0.905. The van der Waals surface area contributed by atoms with E-state index in [1.54, 1.807) is 0 Å². The third kappa shape index (κ3) is 34.7. The smallest absolute Gasteiger partial charge is 0.306 e. The number of unbranched alkanes of at least 4 members (excludes halogenated alkanes) is 23. The number of esters is 1. The van der Waals surface area contributed by atoms with E-state index in [9.17, 15) is 24.2 Å². The summed E-state index contributed by atoms with van der Waals surface area (Å²) in [5.41, 5.74) is 0. The van der Waals surface area contributed by atoms with E-state index in [4.69, 9.17) is 13.8 Å². The van der Waals surface area contributed by atoms with Crippen molar-refractivity contribution in [1.82, 2.24) is 0 Å². The quantitative estimate of drug-likeness (QED) is 0.0216. The van der Waals surface area contributed by atoms with E-state index in [-0.39, 0.29) is 19.4 Å². The summed E-state index contributed by atoms with van der Waals surface area (Å²) in [6, 6.07) is 0. The van der Waals surface area contributed by atoms with Gasteiger partial charge in [0.25, 0.3) is 7.82 Å². The number of rotatable bonds is 39. The minimum Gasteiger partial charge on any atom is -0.756 e. The molecule has 52 heavy (non-hydrogen) atoms. The molecule has 0 aromatic rings. The Bertz CT molecular complexity index is 922. The van der Waals surface area contributed by atoms with Gasteiger partial charge in [0.15, 0.2) is 18.0 Å². The molecular weight excluding hydrogens is 677 g/mol. The highest BCUT2D eigenvalue weighted by atomic mass is 31.2. The average molecular weight is 760 g/mol. The number of nitrogens with zero attached hydrogens (tertiary/aromatic N) is 1. The maximum atomic E-state index is 12.9. The summed E-state index contributed by atoms with van der Waals surface area (Å²) < 4.78 is 28.3. The Labute approximate surface area is 320 Å². The third-order valence-corrected chi connectivity index (χ3v) is 10.5. The number of Topliss-reactive ketones (excluding diaryl/α,β-unsaturated/α-hetero) is 1. The van der Waals surface area contributed by atoms with Crippen molar-refractivity contribution in [3.63, 3.8) is 0 Å². The summed E-state index contributed by atoms with van der Waals surface area (Å²) >= 11 is 0. The molecule has 0 fully saturated rings. The Morgan fingerprint density at radius 1 is 0.635 bits per heavy atom. The molecule has 0 bridgehead atoms. The molecule has 0 amide bonds. The number of carbonyl (C=O) groups is 2. The summed E-state index contributed by atoms with van der Waals surface area (Å²) in [7, 11) is 0.993. The van der Waals surface area contributed by atoms with E-state index < -0.39 is 38.4 Å². The van der Waals surface area contributed by atoms with Gasteiger partial charge in [-0.15, -0.1) is 0 Å². The van der Waals surface area contributed by atoms with E-state index >= 15 is 0 Å². The zero-order chi connectivity index (χ0) is 38.8. The molecule has 1 N–H and O–H groups in total. The van der Waals surface area contributed by atoms with Gasteiger partial charge in [0.2, 0.25) is 0 Å². The van der Waals surface area contributed by atoms with Crippen LogP contribution in [0.4, 0.5) is 0 Å². The maximum Gasteiger partial charge on any atom is 0.306 e. The number of ketones is 1. The van der Waals surface area contributed by atoms with Gasteiger partial charge in [-0.2, -0.15) is 0 Å². The van der Waals surface area contributed by atoms with E-state index in [1.807, 2.05) is 21.1 Å². The van der Waals surface area contributed by atoms with Crippen LogP contribution in [0.5, 0.6) is 0 Å². The number of carbonyl (C=O) groups excluding carboxylic acids is 2. The van der Waals surface area contributed by atoms with E-state index in [1.165, 1.54) is 96.3 Å². The molecule has 9 nitrogen and oxygen atoms in total. The molecule has 0 saturated heterocycles. The number of aliphatic hydroxyl groups excluding tert-OH is 1. The molecule has 3 atom stereocenters. The molecule has 0 aromatic heterocycles. The first-order chi connectivity index (χ1) is 24.9. The predicted molar refractivity (Wildman–Crippen MR) is 213 cm³/mol. The number of hydrogen-bond donors (Lipinski definition) is 1. The van der Waals surface area contributed by atoms with Crippen LogP contribution in [0.1, 0.15) is 194 Å². The number of phosphoric ester groups is 1. The standard InChI is InChI=1S/C42H82NO8P/c1-6-8-10-12-14-16-18-20-21-23-25-27-29-31-33-35-41(45)51-40(38-50-52(47,48)49-37-36-43(3,4)5)42(46)39(44)34-32-30-28-26-24-22-19-17-15-13-11-9-7-2/h20-21,40,42,46H,6-19,22-38H2,1-5H3/b21-20-/t40-,42?/m0/s1. The van der Waals surface area contributed by atoms with Crippen LogP contribution >= 0.6 is 7.82 Å². The third-order valence-electron chi connectivity index (χ3n) is 9.54. The van der Waals surface area contributed by atoms with E-state index in [2.05, 4.69) is 26.0 Å². The average Bonchev–Trinajstić information content (AvgIpc) is 3.09. The van der Waals surface area contributed by atoms with E-state index in [0.717, 1.165) is 57.8 Å². The molecule has 0 heterocycles. The van der Waals surface area contributed by atoms with Gasteiger partial charge in [0, 0.05) is 12.8 Å². The molecule has 0 aliphatic rings. The second kappa shape index (κ2) is 34.4. The highest BCUT2D eigenvalue weighted by molar-refractivity contribution is 7.45. The zero-order valence-electron chi connectivity index (χ0n) is 34.4. The van der Waals surface area contributed by atoms with Crippen molar-refractivity contribution in [2.45, 2.75) is 206 Å².